The molecule has 9 heteroatoms. The van der Waals surface area contributed by atoms with Crippen molar-refractivity contribution in [2.75, 3.05) is 18.4 Å². The van der Waals surface area contributed by atoms with Crippen molar-refractivity contribution < 1.29 is 8.42 Å². The van der Waals surface area contributed by atoms with Crippen LogP contribution in [0, 0.1) is 6.92 Å². The zero-order valence-corrected chi connectivity index (χ0v) is 15.6. The van der Waals surface area contributed by atoms with E-state index in [-0.39, 0.29) is 6.54 Å². The van der Waals surface area contributed by atoms with Crippen LogP contribution in [0.3, 0.4) is 0 Å². The average Bonchev–Trinajstić information content (AvgIpc) is 3.11. The minimum absolute atomic E-state index is 0.224. The number of anilines is 1. The molecule has 27 heavy (non-hydrogen) atoms. The molecule has 1 aromatic carbocycles. The zero-order chi connectivity index (χ0) is 19.1. The minimum atomic E-state index is -3.50. The normalized spacial score (nSPS) is 11.7. The molecule has 3 aromatic rings. The Morgan fingerprint density at radius 3 is 2.67 bits per heavy atom. The summed E-state index contributed by atoms with van der Waals surface area (Å²) in [6, 6.07) is 12.9. The van der Waals surface area contributed by atoms with E-state index in [0.717, 1.165) is 16.7 Å². The monoisotopic (exact) mass is 384 g/mol. The number of aryl methyl sites for hydroxylation is 1. The van der Waals surface area contributed by atoms with E-state index in [4.69, 9.17) is 0 Å². The smallest absolute Gasteiger partial charge is 0.233 e. The molecule has 0 bridgehead atoms. The van der Waals surface area contributed by atoms with Gasteiger partial charge in [-0.25, -0.2) is 27.8 Å². The van der Waals surface area contributed by atoms with E-state index in [1.807, 2.05) is 49.5 Å². The quantitative estimate of drug-likeness (QED) is 0.576. The summed E-state index contributed by atoms with van der Waals surface area (Å²) in [5.74, 6) is 1.22. The Bertz CT molecular complexity index is 1020. The van der Waals surface area contributed by atoms with Crippen molar-refractivity contribution in [2.24, 2.45) is 0 Å². The van der Waals surface area contributed by atoms with Gasteiger partial charge in [-0.2, -0.15) is 5.10 Å². The lowest BCUT2D eigenvalue weighted by Gasteiger charge is -2.07. The van der Waals surface area contributed by atoms with Crippen LogP contribution < -0.4 is 10.0 Å². The first-order valence-corrected chi connectivity index (χ1v) is 9.88. The lowest BCUT2D eigenvalue weighted by atomic mass is 10.2. The fourth-order valence-electron chi connectivity index (χ4n) is 2.28. The molecule has 0 aliphatic rings. The maximum atomic E-state index is 12.0. The summed E-state index contributed by atoms with van der Waals surface area (Å²) < 4.78 is 28.2. The number of hydrogen-bond donors (Lipinski definition) is 2. The number of aromatic nitrogens is 4. The van der Waals surface area contributed by atoms with E-state index in [9.17, 15) is 8.42 Å². The first-order valence-electron chi connectivity index (χ1n) is 8.33. The molecule has 8 nitrogen and oxygen atoms in total. The van der Waals surface area contributed by atoms with Crippen LogP contribution in [-0.4, -0.2) is 41.3 Å². The van der Waals surface area contributed by atoms with E-state index >= 15 is 0 Å². The molecule has 2 N–H and O–H groups in total. The summed E-state index contributed by atoms with van der Waals surface area (Å²) in [7, 11) is -3.50. The topological polar surface area (TPSA) is 102 Å². The number of nitrogens with one attached hydrogen (secondary N) is 2. The van der Waals surface area contributed by atoms with Gasteiger partial charge in [0, 0.05) is 30.8 Å². The van der Waals surface area contributed by atoms with Gasteiger partial charge in [0.1, 0.15) is 12.1 Å². The van der Waals surface area contributed by atoms with Gasteiger partial charge in [0.25, 0.3) is 0 Å². The zero-order valence-electron chi connectivity index (χ0n) is 14.8. The summed E-state index contributed by atoms with van der Waals surface area (Å²) >= 11 is 0. The van der Waals surface area contributed by atoms with Crippen molar-refractivity contribution >= 4 is 21.9 Å². The fraction of sp³-hybridized carbons (Fsp3) is 0.167. The molecule has 3 rings (SSSR count). The second kappa shape index (κ2) is 8.56. The standard InChI is InChI=1S/C18H20N6O2S/c1-15-7-11-24(23-15)18-13-17(20-14-21-18)19-9-10-22-27(25,26)12-8-16-5-3-2-4-6-16/h2-8,11-14,22H,9-10H2,1H3,(H,19,20,21)/b12-8+. The van der Waals surface area contributed by atoms with Gasteiger partial charge in [-0.05, 0) is 24.6 Å². The maximum Gasteiger partial charge on any atom is 0.233 e. The molecule has 0 amide bonds. The molecule has 0 aliphatic carbocycles. The van der Waals surface area contributed by atoms with Crippen LogP contribution in [0.25, 0.3) is 11.9 Å². The minimum Gasteiger partial charge on any atom is -0.369 e. The van der Waals surface area contributed by atoms with Crippen LogP contribution in [0.2, 0.25) is 0 Å². The molecular weight excluding hydrogens is 364 g/mol. The van der Waals surface area contributed by atoms with Crippen LogP contribution >= 0.6 is 0 Å². The number of nitrogens with zero attached hydrogens (tertiary/aromatic N) is 4. The Balaban J connectivity index is 1.50. The highest BCUT2D eigenvalue weighted by Crippen LogP contribution is 2.08. The maximum absolute atomic E-state index is 12.0. The van der Waals surface area contributed by atoms with Gasteiger partial charge in [0.05, 0.1) is 5.69 Å². The van der Waals surface area contributed by atoms with Crippen LogP contribution in [-0.2, 0) is 10.0 Å². The van der Waals surface area contributed by atoms with E-state index in [1.165, 1.54) is 6.33 Å². The predicted octanol–water partition coefficient (Wildman–Crippen LogP) is 1.97. The van der Waals surface area contributed by atoms with Crippen LogP contribution in [0.5, 0.6) is 0 Å². The number of hydrogen-bond acceptors (Lipinski definition) is 6. The third-order valence-electron chi connectivity index (χ3n) is 3.58. The summed E-state index contributed by atoms with van der Waals surface area (Å²) in [5, 5.41) is 8.52. The van der Waals surface area contributed by atoms with Gasteiger partial charge in [-0.3, -0.25) is 0 Å². The lowest BCUT2D eigenvalue weighted by Crippen LogP contribution is -2.27. The van der Waals surface area contributed by atoms with Crippen LogP contribution in [0.15, 0.2) is 60.4 Å². The van der Waals surface area contributed by atoms with Crippen molar-refractivity contribution in [3.8, 4) is 5.82 Å². The van der Waals surface area contributed by atoms with Gasteiger partial charge in [0.15, 0.2) is 5.82 Å². The molecule has 0 unspecified atom stereocenters. The summed E-state index contributed by atoms with van der Waals surface area (Å²) in [6.07, 6.45) is 4.80. The van der Waals surface area contributed by atoms with Crippen molar-refractivity contribution in [2.45, 2.75) is 6.92 Å². The molecule has 140 valence electrons. The van der Waals surface area contributed by atoms with Crippen molar-refractivity contribution in [1.82, 2.24) is 24.5 Å². The highest BCUT2D eigenvalue weighted by atomic mass is 32.2. The fourth-order valence-corrected chi connectivity index (χ4v) is 3.10. The highest BCUT2D eigenvalue weighted by molar-refractivity contribution is 7.92. The first-order chi connectivity index (χ1) is 13.0. The molecule has 0 radical (unpaired) electrons. The largest absolute Gasteiger partial charge is 0.369 e. The summed E-state index contributed by atoms with van der Waals surface area (Å²) in [4.78, 5) is 8.30. The Hall–Kier alpha value is -3.04. The third kappa shape index (κ3) is 5.73. The van der Waals surface area contributed by atoms with Crippen LogP contribution in [0.1, 0.15) is 11.3 Å². The molecule has 2 aromatic heterocycles. The molecule has 0 aliphatic heterocycles. The molecule has 0 fully saturated rings. The van der Waals surface area contributed by atoms with Crippen molar-refractivity contribution in [3.05, 3.63) is 71.7 Å². The molecule has 0 saturated heterocycles. The predicted molar refractivity (Wildman–Crippen MR) is 105 cm³/mol. The Morgan fingerprint density at radius 2 is 1.93 bits per heavy atom. The van der Waals surface area contributed by atoms with E-state index in [0.29, 0.717) is 18.2 Å². The van der Waals surface area contributed by atoms with Crippen molar-refractivity contribution in [1.29, 1.82) is 0 Å². The molecule has 0 atom stereocenters. The molecular formula is C18H20N6O2S. The average molecular weight is 384 g/mol. The third-order valence-corrected chi connectivity index (χ3v) is 4.68. The van der Waals surface area contributed by atoms with Gasteiger partial charge >= 0.3 is 0 Å². The summed E-state index contributed by atoms with van der Waals surface area (Å²) in [5.41, 5.74) is 1.71. The van der Waals surface area contributed by atoms with Gasteiger partial charge in [-0.1, -0.05) is 30.3 Å². The molecule has 2 heterocycles. The first kappa shape index (κ1) is 18.7. The second-order valence-electron chi connectivity index (χ2n) is 5.74. The molecule has 0 spiro atoms. The SMILES string of the molecule is Cc1ccn(-c2cc(NCCNS(=O)(=O)/C=C/c3ccccc3)ncn2)n1. The number of benzene rings is 1. The van der Waals surface area contributed by atoms with E-state index in [2.05, 4.69) is 25.1 Å². The second-order valence-corrected chi connectivity index (χ2v) is 7.39. The van der Waals surface area contributed by atoms with Gasteiger partial charge in [0.2, 0.25) is 10.0 Å². The summed E-state index contributed by atoms with van der Waals surface area (Å²) in [6.45, 7) is 2.50. The number of sulfonamides is 1. The van der Waals surface area contributed by atoms with Gasteiger partial charge < -0.3 is 5.32 Å². The molecule has 0 saturated carbocycles. The Labute approximate surface area is 158 Å². The Kier molecular flexibility index (Phi) is 5.94. The van der Waals surface area contributed by atoms with Gasteiger partial charge in [-0.15, -0.1) is 0 Å². The highest BCUT2D eigenvalue weighted by Gasteiger charge is 2.05. The number of rotatable bonds is 8. The lowest BCUT2D eigenvalue weighted by molar-refractivity contribution is 0.592. The van der Waals surface area contributed by atoms with E-state index in [1.54, 1.807) is 16.8 Å². The van der Waals surface area contributed by atoms with E-state index < -0.39 is 10.0 Å². The van der Waals surface area contributed by atoms with Crippen molar-refractivity contribution in [3.63, 3.8) is 0 Å². The van der Waals surface area contributed by atoms with Crippen LogP contribution in [0.4, 0.5) is 5.82 Å². The Morgan fingerprint density at radius 1 is 1.11 bits per heavy atom.